The predicted octanol–water partition coefficient (Wildman–Crippen LogP) is 2.30. The highest BCUT2D eigenvalue weighted by Gasteiger charge is 2.41. The zero-order chi connectivity index (χ0) is 16.5. The standard InChI is InChI=1S/C19H31N5/c1-20-19(21-11-18(16-3-4-16)17-5-6-17)24-8-7-14(13-24)9-15-10-22-23(2)12-15/h10,12,14,16-18H,3-9,11,13H2,1-2H3,(H,20,21). The van der Waals surface area contributed by atoms with Crippen molar-refractivity contribution in [3.05, 3.63) is 18.0 Å². The summed E-state index contributed by atoms with van der Waals surface area (Å²) in [5.74, 6) is 4.74. The molecule has 1 N–H and O–H groups in total. The molecule has 2 heterocycles. The minimum absolute atomic E-state index is 0.718. The van der Waals surface area contributed by atoms with Crippen LogP contribution in [0.5, 0.6) is 0 Å². The van der Waals surface area contributed by atoms with E-state index < -0.39 is 0 Å². The first-order valence-electron chi connectivity index (χ1n) is 9.66. The third-order valence-electron chi connectivity index (χ3n) is 6.03. The Balaban J connectivity index is 1.27. The molecule has 1 atom stereocenters. The van der Waals surface area contributed by atoms with Gasteiger partial charge in [0, 0.05) is 39.9 Å². The van der Waals surface area contributed by atoms with E-state index in [1.807, 2.05) is 25.0 Å². The fraction of sp³-hybridized carbons (Fsp3) is 0.789. The van der Waals surface area contributed by atoms with Gasteiger partial charge in [-0.25, -0.2) is 0 Å². The Kier molecular flexibility index (Phi) is 4.51. The summed E-state index contributed by atoms with van der Waals surface area (Å²) in [7, 11) is 3.92. The summed E-state index contributed by atoms with van der Waals surface area (Å²) in [6.45, 7) is 3.37. The van der Waals surface area contributed by atoms with Crippen LogP contribution in [-0.4, -0.2) is 47.3 Å². The van der Waals surface area contributed by atoms with E-state index in [1.54, 1.807) is 0 Å². The molecule has 0 aromatic carbocycles. The second-order valence-corrected chi connectivity index (χ2v) is 8.09. The van der Waals surface area contributed by atoms with Gasteiger partial charge in [-0.05, 0) is 67.8 Å². The van der Waals surface area contributed by atoms with Crippen molar-refractivity contribution in [1.29, 1.82) is 0 Å². The lowest BCUT2D eigenvalue weighted by Crippen LogP contribution is -2.42. The van der Waals surface area contributed by atoms with Gasteiger partial charge < -0.3 is 10.2 Å². The van der Waals surface area contributed by atoms with Crippen molar-refractivity contribution in [2.24, 2.45) is 35.7 Å². The van der Waals surface area contributed by atoms with Crippen molar-refractivity contribution in [2.75, 3.05) is 26.7 Å². The van der Waals surface area contributed by atoms with E-state index in [-0.39, 0.29) is 0 Å². The Morgan fingerprint density at radius 2 is 2.04 bits per heavy atom. The van der Waals surface area contributed by atoms with Crippen molar-refractivity contribution in [2.45, 2.75) is 38.5 Å². The van der Waals surface area contributed by atoms with Crippen LogP contribution in [0.4, 0.5) is 0 Å². The molecular formula is C19H31N5. The van der Waals surface area contributed by atoms with Crippen molar-refractivity contribution in [1.82, 2.24) is 20.0 Å². The van der Waals surface area contributed by atoms with Crippen LogP contribution in [0, 0.1) is 23.7 Å². The molecule has 2 aliphatic carbocycles. The average Bonchev–Trinajstić information content (AvgIpc) is 3.50. The maximum absolute atomic E-state index is 4.56. The number of guanidine groups is 1. The average molecular weight is 329 g/mol. The molecule has 1 aliphatic heterocycles. The van der Waals surface area contributed by atoms with Crippen LogP contribution in [0.1, 0.15) is 37.7 Å². The number of rotatable bonds is 6. The molecule has 3 aliphatic rings. The molecule has 1 aromatic heterocycles. The van der Waals surface area contributed by atoms with Gasteiger partial charge in [0.05, 0.1) is 6.20 Å². The number of hydrogen-bond donors (Lipinski definition) is 1. The normalized spacial score (nSPS) is 24.9. The summed E-state index contributed by atoms with van der Waals surface area (Å²) in [5.41, 5.74) is 1.36. The van der Waals surface area contributed by atoms with Gasteiger partial charge in [0.15, 0.2) is 5.96 Å². The van der Waals surface area contributed by atoms with Gasteiger partial charge in [-0.15, -0.1) is 0 Å². The maximum Gasteiger partial charge on any atom is 0.193 e. The minimum Gasteiger partial charge on any atom is -0.356 e. The number of likely N-dealkylation sites (tertiary alicyclic amines) is 1. The Bertz CT molecular complexity index is 572. The van der Waals surface area contributed by atoms with E-state index in [0.29, 0.717) is 0 Å². The lowest BCUT2D eigenvalue weighted by atomic mass is 9.98. The van der Waals surface area contributed by atoms with Crippen LogP contribution < -0.4 is 5.32 Å². The van der Waals surface area contributed by atoms with Crippen molar-refractivity contribution in [3.63, 3.8) is 0 Å². The lowest BCUT2D eigenvalue weighted by Gasteiger charge is -2.24. The number of hydrogen-bond acceptors (Lipinski definition) is 2. The van der Waals surface area contributed by atoms with E-state index in [1.165, 1.54) is 37.7 Å². The number of aryl methyl sites for hydroxylation is 1. The van der Waals surface area contributed by atoms with E-state index in [0.717, 1.165) is 55.7 Å². The summed E-state index contributed by atoms with van der Waals surface area (Å²) in [6.07, 6.45) is 12.4. The maximum atomic E-state index is 4.56. The fourth-order valence-electron chi connectivity index (χ4n) is 4.41. The molecule has 5 heteroatoms. The summed E-state index contributed by atoms with van der Waals surface area (Å²) in [4.78, 5) is 7.02. The van der Waals surface area contributed by atoms with Gasteiger partial charge in [-0.3, -0.25) is 9.67 Å². The topological polar surface area (TPSA) is 45.5 Å². The second kappa shape index (κ2) is 6.77. The summed E-state index contributed by atoms with van der Waals surface area (Å²) in [5, 5.41) is 7.99. The molecule has 5 nitrogen and oxygen atoms in total. The first-order valence-corrected chi connectivity index (χ1v) is 9.66. The number of aliphatic imine (C=N–C) groups is 1. The van der Waals surface area contributed by atoms with Gasteiger partial charge in [-0.1, -0.05) is 0 Å². The van der Waals surface area contributed by atoms with E-state index in [9.17, 15) is 0 Å². The van der Waals surface area contributed by atoms with E-state index in [4.69, 9.17) is 0 Å². The van der Waals surface area contributed by atoms with Crippen LogP contribution in [0.3, 0.4) is 0 Å². The SMILES string of the molecule is CN=C(NCC(C1CC1)C1CC1)N1CCC(Cc2cnn(C)c2)C1. The van der Waals surface area contributed by atoms with Crippen LogP contribution in [0.2, 0.25) is 0 Å². The Labute approximate surface area is 145 Å². The molecule has 1 unspecified atom stereocenters. The quantitative estimate of drug-likeness (QED) is 0.643. The molecule has 24 heavy (non-hydrogen) atoms. The molecular weight excluding hydrogens is 298 g/mol. The highest BCUT2D eigenvalue weighted by atomic mass is 15.3. The Morgan fingerprint density at radius 1 is 1.29 bits per heavy atom. The highest BCUT2D eigenvalue weighted by molar-refractivity contribution is 5.80. The van der Waals surface area contributed by atoms with Crippen molar-refractivity contribution >= 4 is 5.96 Å². The number of nitrogens with zero attached hydrogens (tertiary/aromatic N) is 4. The molecule has 132 valence electrons. The van der Waals surface area contributed by atoms with Crippen molar-refractivity contribution < 1.29 is 0 Å². The van der Waals surface area contributed by atoms with Crippen LogP contribution in [0.25, 0.3) is 0 Å². The fourth-order valence-corrected chi connectivity index (χ4v) is 4.41. The molecule has 0 spiro atoms. The number of nitrogens with one attached hydrogen (secondary N) is 1. The predicted molar refractivity (Wildman–Crippen MR) is 96.9 cm³/mol. The largest absolute Gasteiger partial charge is 0.356 e. The second-order valence-electron chi connectivity index (χ2n) is 8.09. The van der Waals surface area contributed by atoms with Gasteiger partial charge in [0.1, 0.15) is 0 Å². The highest BCUT2D eigenvalue weighted by Crippen LogP contribution is 2.48. The third-order valence-corrected chi connectivity index (χ3v) is 6.03. The molecule has 1 saturated heterocycles. The van der Waals surface area contributed by atoms with Crippen LogP contribution >= 0.6 is 0 Å². The third kappa shape index (κ3) is 3.76. The summed E-state index contributed by atoms with van der Waals surface area (Å²) < 4.78 is 1.90. The van der Waals surface area contributed by atoms with Gasteiger partial charge >= 0.3 is 0 Å². The van der Waals surface area contributed by atoms with Gasteiger partial charge in [0.2, 0.25) is 0 Å². The van der Waals surface area contributed by atoms with Crippen LogP contribution in [-0.2, 0) is 13.5 Å². The lowest BCUT2D eigenvalue weighted by molar-refractivity contribution is 0.386. The van der Waals surface area contributed by atoms with E-state index >= 15 is 0 Å². The summed E-state index contributed by atoms with van der Waals surface area (Å²) >= 11 is 0. The summed E-state index contributed by atoms with van der Waals surface area (Å²) in [6, 6.07) is 0. The Morgan fingerprint density at radius 3 is 2.62 bits per heavy atom. The zero-order valence-corrected chi connectivity index (χ0v) is 15.1. The molecule has 0 radical (unpaired) electrons. The van der Waals surface area contributed by atoms with Gasteiger partial charge in [-0.2, -0.15) is 5.10 Å². The van der Waals surface area contributed by atoms with Crippen LogP contribution in [0.15, 0.2) is 17.4 Å². The van der Waals surface area contributed by atoms with E-state index in [2.05, 4.69) is 26.5 Å². The molecule has 4 rings (SSSR count). The number of aromatic nitrogens is 2. The first-order chi connectivity index (χ1) is 11.7. The molecule has 2 saturated carbocycles. The molecule has 0 bridgehead atoms. The molecule has 3 fully saturated rings. The smallest absolute Gasteiger partial charge is 0.193 e. The van der Waals surface area contributed by atoms with Crippen molar-refractivity contribution in [3.8, 4) is 0 Å². The monoisotopic (exact) mass is 329 g/mol. The first kappa shape index (κ1) is 16.0. The molecule has 0 amide bonds. The zero-order valence-electron chi connectivity index (χ0n) is 15.1. The Hall–Kier alpha value is -1.52. The van der Waals surface area contributed by atoms with Gasteiger partial charge in [0.25, 0.3) is 0 Å². The molecule has 1 aromatic rings. The minimum atomic E-state index is 0.718.